The first-order valence-corrected chi connectivity index (χ1v) is 7.65. The molecule has 1 amide bonds. The molecule has 0 fully saturated rings. The van der Waals surface area contributed by atoms with Crippen LogP contribution in [-0.2, 0) is 0 Å². The lowest BCUT2D eigenvalue weighted by Crippen LogP contribution is -2.16. The van der Waals surface area contributed by atoms with Crippen LogP contribution in [0.25, 0.3) is 0 Å². The molecule has 0 unspecified atom stereocenters. The van der Waals surface area contributed by atoms with Gasteiger partial charge in [-0.05, 0) is 56.1 Å². The van der Waals surface area contributed by atoms with E-state index in [4.69, 9.17) is 5.84 Å². The van der Waals surface area contributed by atoms with Crippen molar-refractivity contribution in [2.75, 3.05) is 10.7 Å². The smallest absolute Gasteiger partial charge is 0.276 e. The van der Waals surface area contributed by atoms with Crippen LogP contribution in [0.4, 0.5) is 11.5 Å². The Hall–Kier alpha value is -1.03. The Morgan fingerprint density at radius 3 is 2.25 bits per heavy atom. The minimum atomic E-state index is -0.371. The molecule has 6 nitrogen and oxygen atoms in total. The van der Waals surface area contributed by atoms with E-state index in [9.17, 15) is 4.79 Å². The fraction of sp³-hybridized carbons (Fsp3) is 0. The Bertz CT molecular complexity index is 624. The van der Waals surface area contributed by atoms with E-state index in [2.05, 4.69) is 68.7 Å². The topological polar surface area (TPSA) is 92.9 Å². The summed E-state index contributed by atoms with van der Waals surface area (Å²) in [6.45, 7) is 0. The van der Waals surface area contributed by atoms with Gasteiger partial charge in [0.05, 0.1) is 5.69 Å². The number of nitrogens with two attached hydrogens (primary N) is 1. The molecule has 104 valence electrons. The first-order valence-electron chi connectivity index (χ1n) is 5.27. The molecule has 0 bridgehead atoms. The summed E-state index contributed by atoms with van der Waals surface area (Å²) in [5, 5.41) is 10.3. The summed E-state index contributed by atoms with van der Waals surface area (Å²) in [5.41, 5.74) is 3.14. The number of hydrogen-bond donors (Lipinski definition) is 3. The third-order valence-electron chi connectivity index (χ3n) is 2.29. The van der Waals surface area contributed by atoms with Crippen molar-refractivity contribution in [3.05, 3.63) is 43.4 Å². The van der Waals surface area contributed by atoms with E-state index < -0.39 is 0 Å². The number of hydrazine groups is 1. The van der Waals surface area contributed by atoms with Crippen molar-refractivity contribution in [3.63, 3.8) is 0 Å². The van der Waals surface area contributed by atoms with Gasteiger partial charge in [-0.25, -0.2) is 5.84 Å². The lowest BCUT2D eigenvalue weighted by atomic mass is 10.3. The molecule has 0 aliphatic carbocycles. The van der Waals surface area contributed by atoms with Crippen molar-refractivity contribution in [2.24, 2.45) is 5.84 Å². The number of hydrogen-bond acceptors (Lipinski definition) is 5. The molecule has 0 saturated carbocycles. The summed E-state index contributed by atoms with van der Waals surface area (Å²) < 4.78 is 2.35. The molecule has 2 aromatic rings. The highest BCUT2D eigenvalue weighted by atomic mass is 79.9. The molecule has 1 heterocycles. The molecule has 0 atom stereocenters. The monoisotopic (exact) mass is 463 g/mol. The van der Waals surface area contributed by atoms with E-state index in [-0.39, 0.29) is 11.6 Å². The molecule has 9 heteroatoms. The van der Waals surface area contributed by atoms with Crippen molar-refractivity contribution in [3.8, 4) is 0 Å². The van der Waals surface area contributed by atoms with Gasteiger partial charge in [-0.15, -0.1) is 10.2 Å². The van der Waals surface area contributed by atoms with E-state index in [0.717, 1.165) is 13.4 Å². The number of anilines is 2. The van der Waals surface area contributed by atoms with Crippen molar-refractivity contribution < 1.29 is 4.79 Å². The van der Waals surface area contributed by atoms with Crippen LogP contribution >= 0.6 is 47.8 Å². The maximum absolute atomic E-state index is 12.1. The van der Waals surface area contributed by atoms with Crippen LogP contribution in [0.1, 0.15) is 10.5 Å². The molecule has 0 spiro atoms. The number of carbonyl (C=O) groups is 1. The lowest BCUT2D eigenvalue weighted by Gasteiger charge is -2.10. The second kappa shape index (κ2) is 6.61. The third kappa shape index (κ3) is 3.54. The zero-order valence-electron chi connectivity index (χ0n) is 9.82. The van der Waals surface area contributed by atoms with E-state index in [1.165, 1.54) is 6.07 Å². The number of nitrogen functional groups attached to an aromatic ring is 1. The Morgan fingerprint density at radius 1 is 1.10 bits per heavy atom. The van der Waals surface area contributed by atoms with Crippen LogP contribution in [0.15, 0.2) is 37.7 Å². The van der Waals surface area contributed by atoms with Gasteiger partial charge in [0.1, 0.15) is 0 Å². The number of nitrogens with one attached hydrogen (secondary N) is 2. The number of rotatable bonds is 3. The van der Waals surface area contributed by atoms with Crippen molar-refractivity contribution >= 4 is 65.2 Å². The van der Waals surface area contributed by atoms with Gasteiger partial charge in [0.15, 0.2) is 11.5 Å². The van der Waals surface area contributed by atoms with Crippen LogP contribution in [0.3, 0.4) is 0 Å². The summed E-state index contributed by atoms with van der Waals surface area (Å²) >= 11 is 10.1. The highest BCUT2D eigenvalue weighted by Gasteiger charge is 2.13. The summed E-state index contributed by atoms with van der Waals surface area (Å²) in [7, 11) is 0. The zero-order chi connectivity index (χ0) is 14.7. The van der Waals surface area contributed by atoms with Crippen LogP contribution in [0.5, 0.6) is 0 Å². The maximum Gasteiger partial charge on any atom is 0.276 e. The number of amides is 1. The Labute approximate surface area is 139 Å². The van der Waals surface area contributed by atoms with E-state index in [1.807, 2.05) is 12.1 Å². The fourth-order valence-corrected chi connectivity index (χ4v) is 3.83. The fourth-order valence-electron chi connectivity index (χ4n) is 1.37. The maximum atomic E-state index is 12.1. The molecule has 0 radical (unpaired) electrons. The third-order valence-corrected chi connectivity index (χ3v) is 4.00. The van der Waals surface area contributed by atoms with Gasteiger partial charge in [-0.3, -0.25) is 4.79 Å². The van der Waals surface area contributed by atoms with Gasteiger partial charge in [0, 0.05) is 13.4 Å². The number of aromatic nitrogens is 2. The zero-order valence-corrected chi connectivity index (χ0v) is 14.6. The summed E-state index contributed by atoms with van der Waals surface area (Å²) in [4.78, 5) is 12.1. The largest absolute Gasteiger partial charge is 0.319 e. The number of benzene rings is 1. The minimum absolute atomic E-state index is 0.186. The summed E-state index contributed by atoms with van der Waals surface area (Å²) in [5.74, 6) is 5.19. The molecule has 0 saturated heterocycles. The Balaban J connectivity index is 2.23. The summed E-state index contributed by atoms with van der Waals surface area (Å²) in [6, 6.07) is 6.74. The van der Waals surface area contributed by atoms with Gasteiger partial charge in [-0.2, -0.15) is 0 Å². The molecule has 20 heavy (non-hydrogen) atoms. The van der Waals surface area contributed by atoms with Gasteiger partial charge < -0.3 is 10.7 Å². The van der Waals surface area contributed by atoms with Crippen molar-refractivity contribution in [1.29, 1.82) is 0 Å². The molecule has 2 rings (SSSR count). The van der Waals surface area contributed by atoms with Crippen LogP contribution < -0.4 is 16.6 Å². The average molecular weight is 466 g/mol. The van der Waals surface area contributed by atoms with Gasteiger partial charge in [-0.1, -0.05) is 15.9 Å². The molecular formula is C11H8Br3N5O. The average Bonchev–Trinajstić information content (AvgIpc) is 2.42. The quantitative estimate of drug-likeness (QED) is 0.477. The highest BCUT2D eigenvalue weighted by Crippen LogP contribution is 2.34. The predicted molar refractivity (Wildman–Crippen MR) is 87.3 cm³/mol. The van der Waals surface area contributed by atoms with E-state index in [1.54, 1.807) is 6.07 Å². The predicted octanol–water partition coefficient (Wildman–Crippen LogP) is 3.30. The second-order valence-electron chi connectivity index (χ2n) is 3.65. The van der Waals surface area contributed by atoms with Crippen LogP contribution in [0.2, 0.25) is 0 Å². The number of nitrogens with zero attached hydrogens (tertiary/aromatic N) is 2. The van der Waals surface area contributed by atoms with Crippen molar-refractivity contribution in [2.45, 2.75) is 0 Å². The highest BCUT2D eigenvalue weighted by molar-refractivity contribution is 9.11. The second-order valence-corrected chi connectivity index (χ2v) is 6.27. The Morgan fingerprint density at radius 2 is 1.75 bits per heavy atom. The van der Waals surface area contributed by atoms with E-state index in [0.29, 0.717) is 11.5 Å². The molecule has 1 aromatic carbocycles. The molecular weight excluding hydrogens is 458 g/mol. The number of halogens is 3. The lowest BCUT2D eigenvalue weighted by molar-refractivity contribution is 0.102. The molecule has 0 aliphatic heterocycles. The van der Waals surface area contributed by atoms with Gasteiger partial charge in [0.2, 0.25) is 0 Å². The van der Waals surface area contributed by atoms with E-state index >= 15 is 0 Å². The van der Waals surface area contributed by atoms with Crippen LogP contribution in [-0.4, -0.2) is 16.1 Å². The standard InChI is InChI=1S/C11H8Br3N5O/c12-5-3-6(13)10(7(14)4-5)16-11(20)8-1-2-9(17-15)19-18-8/h1-4H,15H2,(H,16,20)(H,17,19). The van der Waals surface area contributed by atoms with Gasteiger partial charge in [0.25, 0.3) is 5.91 Å². The molecule has 4 N–H and O–H groups in total. The molecule has 1 aromatic heterocycles. The Kier molecular flexibility index (Phi) is 5.08. The minimum Gasteiger partial charge on any atom is -0.319 e. The first-order chi connectivity index (χ1) is 9.51. The normalized spacial score (nSPS) is 10.2. The van der Waals surface area contributed by atoms with Crippen LogP contribution in [0, 0.1) is 0 Å². The first kappa shape index (κ1) is 15.4. The van der Waals surface area contributed by atoms with Gasteiger partial charge >= 0.3 is 0 Å². The molecule has 0 aliphatic rings. The number of carbonyl (C=O) groups excluding carboxylic acids is 1. The van der Waals surface area contributed by atoms with Crippen molar-refractivity contribution in [1.82, 2.24) is 10.2 Å². The SMILES string of the molecule is NNc1ccc(C(=O)Nc2c(Br)cc(Br)cc2Br)nn1. The summed E-state index contributed by atoms with van der Waals surface area (Å²) in [6.07, 6.45) is 0.